The van der Waals surface area contributed by atoms with Crippen LogP contribution >= 0.6 is 11.8 Å². The van der Waals surface area contributed by atoms with Crippen LogP contribution in [0.5, 0.6) is 0 Å². The summed E-state index contributed by atoms with van der Waals surface area (Å²) in [6.45, 7) is 9.91. The highest BCUT2D eigenvalue weighted by molar-refractivity contribution is 7.98. The van der Waals surface area contributed by atoms with Gasteiger partial charge in [-0.25, -0.2) is 14.2 Å². The molecule has 0 bridgehead atoms. The van der Waals surface area contributed by atoms with Crippen LogP contribution in [0.25, 0.3) is 11.3 Å². The molecule has 3 heterocycles. The number of nitrogens with two attached hydrogens (primary N) is 1. The SMILES string of the molecule is CSCCOCn1cc(-c2nn([C@H]3C[C@@]4(CCN(C(=O)OC(C)(C)C)C4)C3)c(N)c2C#N)c(C)n1. The quantitative estimate of drug-likeness (QED) is 0.568. The molecular weight excluding hydrogens is 466 g/mol. The summed E-state index contributed by atoms with van der Waals surface area (Å²) in [5.41, 5.74) is 8.44. The lowest BCUT2D eigenvalue weighted by Gasteiger charge is -2.45. The Bertz CT molecular complexity index is 1120. The number of rotatable bonds is 7. The minimum absolute atomic E-state index is 0.0574. The molecule has 1 aliphatic carbocycles. The Balaban J connectivity index is 1.46. The Morgan fingerprint density at radius 3 is 2.77 bits per heavy atom. The fourth-order valence-electron chi connectivity index (χ4n) is 5.00. The van der Waals surface area contributed by atoms with E-state index in [2.05, 4.69) is 11.2 Å². The van der Waals surface area contributed by atoms with Gasteiger partial charge in [0.25, 0.3) is 0 Å². The van der Waals surface area contributed by atoms with Crippen molar-refractivity contribution in [3.63, 3.8) is 0 Å². The molecule has 1 saturated heterocycles. The number of carbonyl (C=O) groups excluding carboxylic acids is 1. The van der Waals surface area contributed by atoms with Crippen LogP contribution in [0.3, 0.4) is 0 Å². The van der Waals surface area contributed by atoms with Crippen molar-refractivity contribution in [3.8, 4) is 17.3 Å². The molecule has 2 aliphatic rings. The molecular formula is C24H35N7O3S. The second-order valence-electron chi connectivity index (χ2n) is 10.6. The van der Waals surface area contributed by atoms with Crippen LogP contribution in [-0.4, -0.2) is 67.9 Å². The molecule has 35 heavy (non-hydrogen) atoms. The van der Waals surface area contributed by atoms with Gasteiger partial charge in [-0.15, -0.1) is 0 Å². The Morgan fingerprint density at radius 2 is 2.11 bits per heavy atom. The highest BCUT2D eigenvalue weighted by atomic mass is 32.2. The number of hydrogen-bond acceptors (Lipinski definition) is 8. The first-order valence-electron chi connectivity index (χ1n) is 11.9. The lowest BCUT2D eigenvalue weighted by Crippen LogP contribution is -2.43. The minimum atomic E-state index is -0.505. The van der Waals surface area contributed by atoms with Gasteiger partial charge in [-0.1, -0.05) is 0 Å². The number of nitriles is 1. The summed E-state index contributed by atoms with van der Waals surface area (Å²) in [6.07, 6.45) is 6.31. The summed E-state index contributed by atoms with van der Waals surface area (Å²) in [5.74, 6) is 1.30. The Labute approximate surface area is 210 Å². The molecule has 1 amide bonds. The largest absolute Gasteiger partial charge is 0.444 e. The topological polar surface area (TPSA) is 124 Å². The number of likely N-dealkylation sites (tertiary alicyclic amines) is 1. The summed E-state index contributed by atoms with van der Waals surface area (Å²) >= 11 is 1.73. The normalized spacial score (nSPS) is 21.8. The molecule has 10 nitrogen and oxygen atoms in total. The van der Waals surface area contributed by atoms with Crippen molar-refractivity contribution in [1.29, 1.82) is 5.26 Å². The van der Waals surface area contributed by atoms with Gasteiger partial charge >= 0.3 is 6.09 Å². The van der Waals surface area contributed by atoms with Crippen molar-refractivity contribution in [3.05, 3.63) is 17.5 Å². The van der Waals surface area contributed by atoms with Crippen LogP contribution in [0.15, 0.2) is 6.20 Å². The molecule has 2 fully saturated rings. The third-order valence-corrected chi connectivity index (χ3v) is 7.26. The predicted octanol–water partition coefficient (Wildman–Crippen LogP) is 3.81. The molecule has 1 aliphatic heterocycles. The van der Waals surface area contributed by atoms with Gasteiger partial charge in [0.2, 0.25) is 0 Å². The molecule has 2 aromatic heterocycles. The molecule has 0 radical (unpaired) electrons. The van der Waals surface area contributed by atoms with Crippen molar-refractivity contribution in [2.75, 3.05) is 37.4 Å². The van der Waals surface area contributed by atoms with Gasteiger partial charge < -0.3 is 20.1 Å². The molecule has 0 unspecified atom stereocenters. The fourth-order valence-corrected chi connectivity index (χ4v) is 5.29. The first-order chi connectivity index (χ1) is 16.6. The van der Waals surface area contributed by atoms with E-state index in [1.807, 2.05) is 40.1 Å². The van der Waals surface area contributed by atoms with Crippen molar-refractivity contribution >= 4 is 23.7 Å². The zero-order chi connectivity index (χ0) is 25.4. The maximum Gasteiger partial charge on any atom is 0.410 e. The summed E-state index contributed by atoms with van der Waals surface area (Å²) in [6, 6.07) is 2.34. The van der Waals surface area contributed by atoms with Gasteiger partial charge in [-0.2, -0.15) is 27.2 Å². The minimum Gasteiger partial charge on any atom is -0.444 e. The number of anilines is 1. The van der Waals surface area contributed by atoms with Gasteiger partial charge in [-0.3, -0.25) is 0 Å². The maximum atomic E-state index is 12.5. The molecule has 190 valence electrons. The number of aryl methyl sites for hydroxylation is 1. The molecule has 1 saturated carbocycles. The zero-order valence-electron chi connectivity index (χ0n) is 21.2. The second kappa shape index (κ2) is 9.74. The second-order valence-corrected chi connectivity index (χ2v) is 11.6. The average Bonchev–Trinajstić information content (AvgIpc) is 3.44. The number of ether oxygens (including phenoxy) is 2. The zero-order valence-corrected chi connectivity index (χ0v) is 22.0. The predicted molar refractivity (Wildman–Crippen MR) is 135 cm³/mol. The maximum absolute atomic E-state index is 12.5. The smallest absolute Gasteiger partial charge is 0.410 e. The third kappa shape index (κ3) is 5.28. The van der Waals surface area contributed by atoms with E-state index in [-0.39, 0.29) is 17.6 Å². The monoisotopic (exact) mass is 501 g/mol. The van der Waals surface area contributed by atoms with Gasteiger partial charge in [0.15, 0.2) is 0 Å². The van der Waals surface area contributed by atoms with Gasteiger partial charge in [0.1, 0.15) is 35.5 Å². The van der Waals surface area contributed by atoms with E-state index in [0.29, 0.717) is 43.5 Å². The summed E-state index contributed by atoms with van der Waals surface area (Å²) < 4.78 is 14.7. The lowest BCUT2D eigenvalue weighted by molar-refractivity contribution is 0.0188. The Hall–Kier alpha value is -2.71. The molecule has 4 rings (SSSR count). The Morgan fingerprint density at radius 1 is 1.37 bits per heavy atom. The summed E-state index contributed by atoms with van der Waals surface area (Å²) in [5, 5.41) is 19.1. The number of thioether (sulfide) groups is 1. The van der Waals surface area contributed by atoms with E-state index in [9.17, 15) is 10.1 Å². The van der Waals surface area contributed by atoms with Crippen LogP contribution in [0.4, 0.5) is 10.6 Å². The molecule has 11 heteroatoms. The van der Waals surface area contributed by atoms with Gasteiger partial charge in [0.05, 0.1) is 18.3 Å². The number of nitrogen functional groups attached to an aromatic ring is 1. The van der Waals surface area contributed by atoms with E-state index in [1.165, 1.54) is 0 Å². The summed E-state index contributed by atoms with van der Waals surface area (Å²) in [7, 11) is 0. The summed E-state index contributed by atoms with van der Waals surface area (Å²) in [4.78, 5) is 14.3. The van der Waals surface area contributed by atoms with Gasteiger partial charge in [0, 0.05) is 30.6 Å². The number of nitrogens with zero attached hydrogens (tertiary/aromatic N) is 6. The number of aromatic nitrogens is 4. The molecule has 0 atom stereocenters. The Kier molecular flexibility index (Phi) is 7.06. The first kappa shape index (κ1) is 25.4. The van der Waals surface area contributed by atoms with E-state index in [0.717, 1.165) is 36.3 Å². The number of hydrogen-bond donors (Lipinski definition) is 1. The van der Waals surface area contributed by atoms with E-state index in [1.54, 1.807) is 26.0 Å². The third-order valence-electron chi connectivity index (χ3n) is 6.69. The molecule has 0 aromatic carbocycles. The molecule has 1 spiro atoms. The van der Waals surface area contributed by atoms with E-state index >= 15 is 0 Å². The molecule has 2 N–H and O–H groups in total. The van der Waals surface area contributed by atoms with Crippen molar-refractivity contribution in [2.24, 2.45) is 5.41 Å². The molecule has 2 aromatic rings. The highest BCUT2D eigenvalue weighted by Crippen LogP contribution is 2.55. The number of carbonyl (C=O) groups is 1. The fraction of sp³-hybridized carbons (Fsp3) is 0.667. The van der Waals surface area contributed by atoms with E-state index < -0.39 is 5.60 Å². The number of amides is 1. The van der Waals surface area contributed by atoms with Crippen molar-refractivity contribution in [2.45, 2.75) is 65.3 Å². The van der Waals surface area contributed by atoms with Gasteiger partial charge in [-0.05, 0) is 58.6 Å². The van der Waals surface area contributed by atoms with Crippen LogP contribution in [0.1, 0.15) is 57.3 Å². The van der Waals surface area contributed by atoms with Crippen molar-refractivity contribution < 1.29 is 14.3 Å². The standard InChI is InChI=1S/C24H35N7O3S/c1-16-19(13-30(27-16)15-33-8-9-35-5)20-18(12-25)21(26)31(28-20)17-10-24(11-17)6-7-29(14-24)22(32)34-23(2,3)4/h13,17H,6-11,14-15,26H2,1-5H3/t17-,24-. The van der Waals surface area contributed by atoms with Crippen LogP contribution in [-0.2, 0) is 16.2 Å². The van der Waals surface area contributed by atoms with Crippen molar-refractivity contribution in [1.82, 2.24) is 24.5 Å². The van der Waals surface area contributed by atoms with Crippen LogP contribution in [0, 0.1) is 23.7 Å². The highest BCUT2D eigenvalue weighted by Gasteiger charge is 2.51. The van der Waals surface area contributed by atoms with Crippen LogP contribution in [0.2, 0.25) is 0 Å². The van der Waals surface area contributed by atoms with E-state index in [4.69, 9.17) is 20.3 Å². The average molecular weight is 502 g/mol. The van der Waals surface area contributed by atoms with Crippen LogP contribution < -0.4 is 5.73 Å². The first-order valence-corrected chi connectivity index (χ1v) is 13.3. The lowest BCUT2D eigenvalue weighted by atomic mass is 9.65.